The van der Waals surface area contributed by atoms with Gasteiger partial charge in [0.15, 0.2) is 0 Å². The first-order valence-electron chi connectivity index (χ1n) is 5.08. The predicted molar refractivity (Wildman–Crippen MR) is 50.5 cm³/mol. The molecule has 0 unspecified atom stereocenters. The molecule has 2 fully saturated rings. The second-order valence-electron chi connectivity index (χ2n) is 3.80. The van der Waals surface area contributed by atoms with Crippen molar-refractivity contribution in [2.75, 3.05) is 26.2 Å². The first-order chi connectivity index (χ1) is 6.33. The standard InChI is InChI=1S/C9H17N3O/c1-2-11-9(13)12-4-3-7-5-10-6-8(7)12/h7-8,10H,2-6H2,1H3,(H,11,13)/t7-,8+/m0/s1. The van der Waals surface area contributed by atoms with Crippen LogP contribution in [-0.2, 0) is 0 Å². The molecular formula is C9H17N3O. The third-order valence-electron chi connectivity index (χ3n) is 3.03. The van der Waals surface area contributed by atoms with Crippen LogP contribution < -0.4 is 10.6 Å². The van der Waals surface area contributed by atoms with E-state index in [0.29, 0.717) is 12.0 Å². The van der Waals surface area contributed by atoms with Crippen LogP contribution in [0.25, 0.3) is 0 Å². The van der Waals surface area contributed by atoms with Gasteiger partial charge in [-0.05, 0) is 19.3 Å². The van der Waals surface area contributed by atoms with E-state index >= 15 is 0 Å². The molecule has 0 radical (unpaired) electrons. The van der Waals surface area contributed by atoms with E-state index in [1.54, 1.807) is 0 Å². The third-order valence-corrected chi connectivity index (χ3v) is 3.03. The topological polar surface area (TPSA) is 44.4 Å². The normalized spacial score (nSPS) is 31.9. The quantitative estimate of drug-likeness (QED) is 0.601. The maximum atomic E-state index is 11.6. The van der Waals surface area contributed by atoms with Crippen molar-refractivity contribution in [3.8, 4) is 0 Å². The van der Waals surface area contributed by atoms with Gasteiger partial charge in [0.1, 0.15) is 0 Å². The zero-order valence-corrected chi connectivity index (χ0v) is 8.05. The van der Waals surface area contributed by atoms with E-state index in [4.69, 9.17) is 0 Å². The lowest BCUT2D eigenvalue weighted by Crippen LogP contribution is -2.44. The van der Waals surface area contributed by atoms with E-state index in [2.05, 4.69) is 10.6 Å². The molecular weight excluding hydrogens is 166 g/mol. The summed E-state index contributed by atoms with van der Waals surface area (Å²) < 4.78 is 0. The highest BCUT2D eigenvalue weighted by atomic mass is 16.2. The molecule has 4 heteroatoms. The molecule has 0 aromatic heterocycles. The Morgan fingerprint density at radius 3 is 3.23 bits per heavy atom. The Kier molecular flexibility index (Phi) is 2.40. The summed E-state index contributed by atoms with van der Waals surface area (Å²) >= 11 is 0. The van der Waals surface area contributed by atoms with Gasteiger partial charge in [-0.25, -0.2) is 4.79 Å². The van der Waals surface area contributed by atoms with E-state index in [1.165, 1.54) is 0 Å². The molecule has 0 saturated carbocycles. The van der Waals surface area contributed by atoms with Crippen LogP contribution in [0.2, 0.25) is 0 Å². The highest BCUT2D eigenvalue weighted by Crippen LogP contribution is 2.26. The molecule has 2 aliphatic heterocycles. The molecule has 2 atom stereocenters. The maximum Gasteiger partial charge on any atom is 0.317 e. The van der Waals surface area contributed by atoms with E-state index in [9.17, 15) is 4.79 Å². The Balaban J connectivity index is 1.96. The van der Waals surface area contributed by atoms with Crippen molar-refractivity contribution in [1.82, 2.24) is 15.5 Å². The Morgan fingerprint density at radius 1 is 1.62 bits per heavy atom. The molecule has 0 aliphatic carbocycles. The Bertz CT molecular complexity index is 207. The number of amides is 2. The summed E-state index contributed by atoms with van der Waals surface area (Å²) in [5.74, 6) is 0.697. The summed E-state index contributed by atoms with van der Waals surface area (Å²) in [6, 6.07) is 0.560. The van der Waals surface area contributed by atoms with Gasteiger partial charge >= 0.3 is 6.03 Å². The molecule has 0 spiro atoms. The number of rotatable bonds is 1. The van der Waals surface area contributed by atoms with Gasteiger partial charge in [0.05, 0.1) is 0 Å². The predicted octanol–water partition coefficient (Wildman–Crippen LogP) is 0.00960. The first-order valence-corrected chi connectivity index (χ1v) is 5.08. The molecule has 0 bridgehead atoms. The van der Waals surface area contributed by atoms with Crippen LogP contribution in [-0.4, -0.2) is 43.2 Å². The van der Waals surface area contributed by atoms with Crippen LogP contribution in [0.1, 0.15) is 13.3 Å². The molecule has 74 valence electrons. The molecule has 2 heterocycles. The molecule has 0 aromatic rings. The van der Waals surface area contributed by atoms with Crippen molar-refractivity contribution in [1.29, 1.82) is 0 Å². The summed E-state index contributed by atoms with van der Waals surface area (Å²) in [7, 11) is 0. The minimum Gasteiger partial charge on any atom is -0.338 e. The lowest BCUT2D eigenvalue weighted by Gasteiger charge is -2.23. The minimum absolute atomic E-state index is 0.110. The maximum absolute atomic E-state index is 11.6. The van der Waals surface area contributed by atoms with Crippen molar-refractivity contribution in [2.24, 2.45) is 5.92 Å². The van der Waals surface area contributed by atoms with Gasteiger partial charge in [-0.1, -0.05) is 0 Å². The van der Waals surface area contributed by atoms with Gasteiger partial charge in [-0.3, -0.25) is 0 Å². The lowest BCUT2D eigenvalue weighted by atomic mass is 10.1. The van der Waals surface area contributed by atoms with Crippen molar-refractivity contribution in [3.63, 3.8) is 0 Å². The monoisotopic (exact) mass is 183 g/mol. The van der Waals surface area contributed by atoms with Crippen molar-refractivity contribution < 1.29 is 4.79 Å². The van der Waals surface area contributed by atoms with Crippen LogP contribution >= 0.6 is 0 Å². The third kappa shape index (κ3) is 1.50. The highest BCUT2D eigenvalue weighted by Gasteiger charge is 2.39. The number of nitrogens with zero attached hydrogens (tertiary/aromatic N) is 1. The fraction of sp³-hybridized carbons (Fsp3) is 0.889. The van der Waals surface area contributed by atoms with Crippen molar-refractivity contribution in [2.45, 2.75) is 19.4 Å². The van der Waals surface area contributed by atoms with Crippen LogP contribution in [0.5, 0.6) is 0 Å². The average Bonchev–Trinajstić information content (AvgIpc) is 2.62. The van der Waals surface area contributed by atoms with E-state index < -0.39 is 0 Å². The smallest absolute Gasteiger partial charge is 0.317 e. The highest BCUT2D eigenvalue weighted by molar-refractivity contribution is 5.75. The number of carbonyl (C=O) groups is 1. The minimum atomic E-state index is 0.110. The second kappa shape index (κ2) is 3.54. The van der Waals surface area contributed by atoms with Crippen molar-refractivity contribution in [3.05, 3.63) is 0 Å². The summed E-state index contributed by atoms with van der Waals surface area (Å²) in [4.78, 5) is 13.6. The molecule has 13 heavy (non-hydrogen) atoms. The average molecular weight is 183 g/mol. The largest absolute Gasteiger partial charge is 0.338 e. The van der Waals surface area contributed by atoms with Crippen LogP contribution in [0.4, 0.5) is 4.79 Å². The number of urea groups is 1. The Labute approximate surface area is 78.7 Å². The summed E-state index contributed by atoms with van der Waals surface area (Å²) in [5, 5.41) is 6.19. The molecule has 2 rings (SSSR count). The van der Waals surface area contributed by atoms with Crippen LogP contribution in [0, 0.1) is 5.92 Å². The zero-order valence-electron chi connectivity index (χ0n) is 8.05. The Hall–Kier alpha value is -0.770. The first kappa shape index (κ1) is 8.81. The second-order valence-corrected chi connectivity index (χ2v) is 3.80. The number of hydrogen-bond acceptors (Lipinski definition) is 2. The summed E-state index contributed by atoms with van der Waals surface area (Å²) in [6.45, 7) is 5.67. The molecule has 2 saturated heterocycles. The number of hydrogen-bond donors (Lipinski definition) is 2. The SMILES string of the molecule is CCNC(=O)N1CC[C@H]2CNC[C@H]21. The van der Waals surface area contributed by atoms with Crippen LogP contribution in [0.15, 0.2) is 0 Å². The summed E-state index contributed by atoms with van der Waals surface area (Å²) in [6.07, 6.45) is 1.16. The van der Waals surface area contributed by atoms with Gasteiger partial charge in [0.2, 0.25) is 0 Å². The Morgan fingerprint density at radius 2 is 2.46 bits per heavy atom. The summed E-state index contributed by atoms with van der Waals surface area (Å²) in [5.41, 5.74) is 0. The zero-order chi connectivity index (χ0) is 9.26. The molecule has 0 aromatic carbocycles. The fourth-order valence-corrected chi connectivity index (χ4v) is 2.35. The van der Waals surface area contributed by atoms with Crippen LogP contribution in [0.3, 0.4) is 0 Å². The van der Waals surface area contributed by atoms with E-state index in [0.717, 1.165) is 32.6 Å². The number of fused-ring (bicyclic) bond motifs is 1. The molecule has 4 nitrogen and oxygen atoms in total. The van der Waals surface area contributed by atoms with Gasteiger partial charge in [0, 0.05) is 32.2 Å². The molecule has 2 amide bonds. The number of nitrogens with one attached hydrogen (secondary N) is 2. The lowest BCUT2D eigenvalue weighted by molar-refractivity contribution is 0.193. The van der Waals surface area contributed by atoms with Crippen molar-refractivity contribution >= 4 is 6.03 Å². The number of likely N-dealkylation sites (tertiary alicyclic amines) is 1. The van der Waals surface area contributed by atoms with Gasteiger partial charge in [-0.15, -0.1) is 0 Å². The van der Waals surface area contributed by atoms with Gasteiger partial charge in [0.25, 0.3) is 0 Å². The van der Waals surface area contributed by atoms with Gasteiger partial charge in [-0.2, -0.15) is 0 Å². The van der Waals surface area contributed by atoms with Gasteiger partial charge < -0.3 is 15.5 Å². The number of carbonyl (C=O) groups excluding carboxylic acids is 1. The van der Waals surface area contributed by atoms with E-state index in [1.807, 2.05) is 11.8 Å². The molecule has 2 N–H and O–H groups in total. The molecule has 2 aliphatic rings. The fourth-order valence-electron chi connectivity index (χ4n) is 2.35. The van der Waals surface area contributed by atoms with E-state index in [-0.39, 0.29) is 6.03 Å².